The van der Waals surface area contributed by atoms with Crippen molar-refractivity contribution in [3.05, 3.63) is 69.7 Å². The molecule has 1 aliphatic rings. The van der Waals surface area contributed by atoms with Gasteiger partial charge in [-0.25, -0.2) is 4.68 Å². The highest BCUT2D eigenvalue weighted by Gasteiger charge is 2.32. The number of thiocarbonyl (C=S) groups is 1. The van der Waals surface area contributed by atoms with Gasteiger partial charge in [-0.1, -0.05) is 68.4 Å². The fraction of sp³-hybridized carbons (Fsp3) is 0.269. The molecule has 2 aromatic carbocycles. The summed E-state index contributed by atoms with van der Waals surface area (Å²) in [7, 11) is 1.64. The van der Waals surface area contributed by atoms with Crippen molar-refractivity contribution >= 4 is 56.2 Å². The fourth-order valence-corrected chi connectivity index (χ4v) is 5.61. The molecule has 3 aromatic rings. The number of hydrogen-bond donors (Lipinski definition) is 0. The molecule has 1 fully saturated rings. The Hall–Kier alpha value is -2.42. The summed E-state index contributed by atoms with van der Waals surface area (Å²) in [4.78, 5) is 15.5. The molecule has 176 valence electrons. The molecular formula is C26H26BrN3O2S2. The van der Waals surface area contributed by atoms with Gasteiger partial charge in [0.15, 0.2) is 0 Å². The van der Waals surface area contributed by atoms with Crippen LogP contribution in [-0.2, 0) is 4.79 Å². The maximum atomic E-state index is 13.1. The predicted molar refractivity (Wildman–Crippen MR) is 147 cm³/mol. The molecular weight excluding hydrogens is 530 g/mol. The number of halogens is 1. The van der Waals surface area contributed by atoms with Crippen LogP contribution in [0.3, 0.4) is 0 Å². The van der Waals surface area contributed by atoms with Crippen molar-refractivity contribution in [3.63, 3.8) is 0 Å². The average Bonchev–Trinajstić information content (AvgIpc) is 3.38. The highest BCUT2D eigenvalue weighted by atomic mass is 79.9. The number of carbonyl (C=O) groups is 1. The zero-order chi connectivity index (χ0) is 24.1. The van der Waals surface area contributed by atoms with Gasteiger partial charge >= 0.3 is 0 Å². The third-order valence-electron chi connectivity index (χ3n) is 5.58. The van der Waals surface area contributed by atoms with Gasteiger partial charge in [-0.2, -0.15) is 5.10 Å². The van der Waals surface area contributed by atoms with E-state index < -0.39 is 0 Å². The zero-order valence-corrected chi connectivity index (χ0v) is 22.4. The quantitative estimate of drug-likeness (QED) is 0.160. The number of ether oxygens (including phenoxy) is 1. The maximum absolute atomic E-state index is 13.1. The van der Waals surface area contributed by atoms with Gasteiger partial charge in [-0.05, 0) is 58.8 Å². The van der Waals surface area contributed by atoms with E-state index in [4.69, 9.17) is 22.1 Å². The van der Waals surface area contributed by atoms with Crippen LogP contribution in [0.4, 0.5) is 0 Å². The molecule has 0 radical (unpaired) electrons. The van der Waals surface area contributed by atoms with Crippen molar-refractivity contribution < 1.29 is 9.53 Å². The number of unbranched alkanes of at least 4 members (excludes halogenated alkanes) is 3. The van der Waals surface area contributed by atoms with Crippen molar-refractivity contribution in [2.24, 2.45) is 0 Å². The molecule has 0 unspecified atom stereocenters. The minimum atomic E-state index is -0.0270. The van der Waals surface area contributed by atoms with E-state index in [-0.39, 0.29) is 5.91 Å². The second-order valence-corrected chi connectivity index (χ2v) is 10.5. The summed E-state index contributed by atoms with van der Waals surface area (Å²) < 4.78 is 8.68. The smallest absolute Gasteiger partial charge is 0.266 e. The van der Waals surface area contributed by atoms with Crippen LogP contribution in [0.2, 0.25) is 0 Å². The first-order chi connectivity index (χ1) is 16.5. The van der Waals surface area contributed by atoms with Crippen LogP contribution in [0.1, 0.15) is 38.2 Å². The third-order valence-corrected chi connectivity index (χ3v) is 7.58. The summed E-state index contributed by atoms with van der Waals surface area (Å²) >= 11 is 10.5. The Morgan fingerprint density at radius 3 is 2.65 bits per heavy atom. The number of carbonyl (C=O) groups excluding carboxylic acids is 1. The van der Waals surface area contributed by atoms with Gasteiger partial charge in [0.05, 0.1) is 22.2 Å². The number of nitrogens with zero attached hydrogens (tertiary/aromatic N) is 3. The van der Waals surface area contributed by atoms with Crippen LogP contribution in [0.15, 0.2) is 64.1 Å². The van der Waals surface area contributed by atoms with E-state index in [9.17, 15) is 4.79 Å². The van der Waals surface area contributed by atoms with E-state index in [1.54, 1.807) is 12.0 Å². The Morgan fingerprint density at radius 2 is 1.94 bits per heavy atom. The van der Waals surface area contributed by atoms with Crippen LogP contribution in [0, 0.1) is 0 Å². The van der Waals surface area contributed by atoms with Crippen LogP contribution < -0.4 is 4.74 Å². The van der Waals surface area contributed by atoms with Gasteiger partial charge in [0, 0.05) is 23.9 Å². The molecule has 0 atom stereocenters. The molecule has 5 nitrogen and oxygen atoms in total. The second kappa shape index (κ2) is 11.3. The minimum Gasteiger partial charge on any atom is -0.496 e. The molecule has 0 spiro atoms. The lowest BCUT2D eigenvalue weighted by Gasteiger charge is -2.13. The van der Waals surface area contributed by atoms with Gasteiger partial charge < -0.3 is 4.74 Å². The summed E-state index contributed by atoms with van der Waals surface area (Å²) in [6.07, 6.45) is 8.26. The zero-order valence-electron chi connectivity index (χ0n) is 19.2. The fourth-order valence-electron chi connectivity index (χ4n) is 3.77. The Kier molecular flexibility index (Phi) is 8.24. The van der Waals surface area contributed by atoms with Crippen molar-refractivity contribution in [2.45, 2.75) is 32.6 Å². The van der Waals surface area contributed by atoms with E-state index in [1.807, 2.05) is 65.5 Å². The van der Waals surface area contributed by atoms with E-state index >= 15 is 0 Å². The molecule has 0 bridgehead atoms. The highest BCUT2D eigenvalue weighted by molar-refractivity contribution is 9.10. The number of methoxy groups -OCH3 is 1. The Morgan fingerprint density at radius 1 is 1.15 bits per heavy atom. The molecule has 2 heterocycles. The SMILES string of the molecule is CCCCCCN1C(=O)/C(=C\c2cn(-c3ccccc3)nc2-c2ccc(OC)c(Br)c2)SC1=S. The minimum absolute atomic E-state index is 0.0270. The van der Waals surface area contributed by atoms with Crippen LogP contribution in [0.5, 0.6) is 5.75 Å². The predicted octanol–water partition coefficient (Wildman–Crippen LogP) is 7.09. The normalized spacial score (nSPS) is 14.9. The first-order valence-electron chi connectivity index (χ1n) is 11.3. The lowest BCUT2D eigenvalue weighted by Crippen LogP contribution is -2.29. The number of benzene rings is 2. The standard InChI is InChI=1S/C26H26BrN3O2S2/c1-3-4-5-9-14-29-25(31)23(34-26(29)33)16-19-17-30(20-10-7-6-8-11-20)28-24(19)18-12-13-22(32-2)21(27)15-18/h6-8,10-13,15-17H,3-5,9,14H2,1-2H3/b23-16+. The van der Waals surface area contributed by atoms with Crippen molar-refractivity contribution in [1.29, 1.82) is 0 Å². The van der Waals surface area contributed by atoms with Crippen molar-refractivity contribution in [1.82, 2.24) is 14.7 Å². The molecule has 34 heavy (non-hydrogen) atoms. The molecule has 0 N–H and O–H groups in total. The summed E-state index contributed by atoms with van der Waals surface area (Å²) in [6.45, 7) is 2.85. The molecule has 4 rings (SSSR count). The number of rotatable bonds is 9. The number of hydrogen-bond acceptors (Lipinski definition) is 5. The Bertz CT molecular complexity index is 1220. The second-order valence-electron chi connectivity index (χ2n) is 7.96. The molecule has 1 aliphatic heterocycles. The summed E-state index contributed by atoms with van der Waals surface area (Å²) in [5.74, 6) is 0.720. The lowest BCUT2D eigenvalue weighted by molar-refractivity contribution is -0.122. The molecule has 1 saturated heterocycles. The molecule has 0 saturated carbocycles. The van der Waals surface area contributed by atoms with Gasteiger partial charge in [0.2, 0.25) is 0 Å². The number of para-hydroxylation sites is 1. The molecule has 8 heteroatoms. The summed E-state index contributed by atoms with van der Waals surface area (Å²) in [5, 5.41) is 4.87. The van der Waals surface area contributed by atoms with Gasteiger partial charge in [0.1, 0.15) is 15.8 Å². The molecule has 1 aromatic heterocycles. The number of thioether (sulfide) groups is 1. The highest BCUT2D eigenvalue weighted by Crippen LogP contribution is 2.36. The van der Waals surface area contributed by atoms with Crippen molar-refractivity contribution in [2.75, 3.05) is 13.7 Å². The first-order valence-corrected chi connectivity index (χ1v) is 13.3. The maximum Gasteiger partial charge on any atom is 0.266 e. The summed E-state index contributed by atoms with van der Waals surface area (Å²) in [5.41, 5.74) is 3.50. The van der Waals surface area contributed by atoms with Gasteiger partial charge in [0.25, 0.3) is 5.91 Å². The topological polar surface area (TPSA) is 47.4 Å². The van der Waals surface area contributed by atoms with Crippen LogP contribution >= 0.6 is 39.9 Å². The first kappa shape index (κ1) is 24.7. The van der Waals surface area contributed by atoms with E-state index in [2.05, 4.69) is 22.9 Å². The largest absolute Gasteiger partial charge is 0.496 e. The number of amides is 1. The van der Waals surface area contributed by atoms with Crippen LogP contribution in [-0.4, -0.2) is 38.6 Å². The van der Waals surface area contributed by atoms with E-state index in [1.165, 1.54) is 18.2 Å². The van der Waals surface area contributed by atoms with Gasteiger partial charge in [-0.3, -0.25) is 9.69 Å². The molecule has 0 aliphatic carbocycles. The number of aromatic nitrogens is 2. The third kappa shape index (κ3) is 5.45. The lowest BCUT2D eigenvalue weighted by atomic mass is 10.1. The van der Waals surface area contributed by atoms with E-state index in [0.29, 0.717) is 15.8 Å². The molecule has 1 amide bonds. The van der Waals surface area contributed by atoms with Crippen LogP contribution in [0.25, 0.3) is 23.0 Å². The van der Waals surface area contributed by atoms with Crippen molar-refractivity contribution in [3.8, 4) is 22.7 Å². The summed E-state index contributed by atoms with van der Waals surface area (Å²) in [6, 6.07) is 15.8. The Labute approximate surface area is 218 Å². The average molecular weight is 557 g/mol. The van der Waals surface area contributed by atoms with Gasteiger partial charge in [-0.15, -0.1) is 0 Å². The van der Waals surface area contributed by atoms with E-state index in [0.717, 1.165) is 52.0 Å². The Balaban J connectivity index is 1.70. The monoisotopic (exact) mass is 555 g/mol.